The Kier molecular flexibility index (Phi) is 4.24. The van der Waals surface area contributed by atoms with Crippen LogP contribution in [0.3, 0.4) is 0 Å². The molecule has 1 N–H and O–H groups in total. The van der Waals surface area contributed by atoms with Gasteiger partial charge in [-0.15, -0.1) is 0 Å². The Bertz CT molecular complexity index is 777. The van der Waals surface area contributed by atoms with Crippen molar-refractivity contribution in [2.75, 3.05) is 23.3 Å². The van der Waals surface area contributed by atoms with E-state index in [4.69, 9.17) is 0 Å². The smallest absolute Gasteiger partial charge is 0.123 e. The van der Waals surface area contributed by atoms with Gasteiger partial charge in [-0.1, -0.05) is 24.3 Å². The second kappa shape index (κ2) is 6.55. The van der Waals surface area contributed by atoms with Crippen LogP contribution in [0.1, 0.15) is 43.4 Å². The molecule has 130 valence electrons. The van der Waals surface area contributed by atoms with Crippen molar-refractivity contribution in [2.24, 2.45) is 5.92 Å². The summed E-state index contributed by atoms with van der Waals surface area (Å²) in [7, 11) is 0. The van der Waals surface area contributed by atoms with Crippen LogP contribution < -0.4 is 10.2 Å². The molecule has 2 aromatic carbocycles. The molecule has 0 bridgehead atoms. The van der Waals surface area contributed by atoms with Gasteiger partial charge >= 0.3 is 0 Å². The Hall–Kier alpha value is -2.29. The quantitative estimate of drug-likeness (QED) is 0.742. The molecule has 1 heterocycles. The van der Waals surface area contributed by atoms with Crippen LogP contribution in [0.4, 0.5) is 15.8 Å². The summed E-state index contributed by atoms with van der Waals surface area (Å²) in [5.41, 5.74) is 5.06. The number of nitrogens with one attached hydrogen (secondary N) is 1. The summed E-state index contributed by atoms with van der Waals surface area (Å²) in [6.07, 6.45) is 5.72. The van der Waals surface area contributed by atoms with Gasteiger partial charge < -0.3 is 10.2 Å². The summed E-state index contributed by atoms with van der Waals surface area (Å²) in [4.78, 5) is 2.39. The molecule has 0 saturated carbocycles. The molecule has 4 rings (SSSR count). The van der Waals surface area contributed by atoms with E-state index in [0.717, 1.165) is 19.5 Å². The average Bonchev–Trinajstić information content (AvgIpc) is 3.13. The summed E-state index contributed by atoms with van der Waals surface area (Å²) >= 11 is 0. The minimum atomic E-state index is -0.176. The van der Waals surface area contributed by atoms with Crippen LogP contribution >= 0.6 is 0 Å². The summed E-state index contributed by atoms with van der Waals surface area (Å²) in [6.45, 7) is 6.43. The van der Waals surface area contributed by atoms with E-state index in [1.807, 2.05) is 12.1 Å². The third kappa shape index (κ3) is 2.82. The standard InChI is InChI=1S/C22H25FN2/c1-3-25(4-2)17-12-13-21-20(14-17)18-6-5-7-19(18)22(24-21)15-8-10-16(23)11-9-15/h5-6,8-14,18-19,22,24H,3-4,7H2,1-2H3. The van der Waals surface area contributed by atoms with Crippen molar-refractivity contribution in [3.05, 3.63) is 71.6 Å². The molecule has 1 aliphatic heterocycles. The second-order valence-corrected chi connectivity index (χ2v) is 6.97. The van der Waals surface area contributed by atoms with Gasteiger partial charge in [0.15, 0.2) is 0 Å². The Labute approximate surface area is 149 Å². The van der Waals surface area contributed by atoms with Crippen molar-refractivity contribution < 1.29 is 4.39 Å². The fourth-order valence-electron chi connectivity index (χ4n) is 4.37. The van der Waals surface area contributed by atoms with Crippen LogP contribution in [0.5, 0.6) is 0 Å². The van der Waals surface area contributed by atoms with Crippen LogP contribution in [-0.4, -0.2) is 13.1 Å². The number of hydrogen-bond acceptors (Lipinski definition) is 2. The molecule has 2 aliphatic rings. The number of anilines is 2. The number of fused-ring (bicyclic) bond motifs is 3. The van der Waals surface area contributed by atoms with Gasteiger partial charge in [0.1, 0.15) is 5.82 Å². The fourth-order valence-corrected chi connectivity index (χ4v) is 4.37. The molecule has 0 fully saturated rings. The molecule has 0 amide bonds. The summed E-state index contributed by atoms with van der Waals surface area (Å²) in [5.74, 6) is 0.747. The third-order valence-electron chi connectivity index (χ3n) is 5.70. The molecule has 0 spiro atoms. The number of rotatable bonds is 4. The Morgan fingerprint density at radius 1 is 1.08 bits per heavy atom. The molecule has 0 saturated heterocycles. The van der Waals surface area contributed by atoms with Gasteiger partial charge in [-0.25, -0.2) is 4.39 Å². The second-order valence-electron chi connectivity index (χ2n) is 6.97. The fraction of sp³-hybridized carbons (Fsp3) is 0.364. The molecular formula is C22H25FN2. The predicted molar refractivity (Wildman–Crippen MR) is 103 cm³/mol. The van der Waals surface area contributed by atoms with Crippen molar-refractivity contribution in [3.8, 4) is 0 Å². The zero-order chi connectivity index (χ0) is 17.4. The van der Waals surface area contributed by atoms with Crippen LogP contribution in [0, 0.1) is 11.7 Å². The molecule has 3 unspecified atom stereocenters. The van der Waals surface area contributed by atoms with E-state index in [0.29, 0.717) is 11.8 Å². The van der Waals surface area contributed by atoms with Gasteiger partial charge in [-0.3, -0.25) is 0 Å². The lowest BCUT2D eigenvalue weighted by molar-refractivity contribution is 0.425. The first-order valence-corrected chi connectivity index (χ1v) is 9.28. The van der Waals surface area contributed by atoms with Gasteiger partial charge in [-0.2, -0.15) is 0 Å². The molecule has 0 radical (unpaired) electrons. The summed E-state index contributed by atoms with van der Waals surface area (Å²) < 4.78 is 13.3. The van der Waals surface area contributed by atoms with E-state index in [1.54, 1.807) is 12.1 Å². The summed E-state index contributed by atoms with van der Waals surface area (Å²) in [5, 5.41) is 3.73. The molecule has 2 nitrogen and oxygen atoms in total. The Morgan fingerprint density at radius 3 is 2.56 bits per heavy atom. The van der Waals surface area contributed by atoms with E-state index in [-0.39, 0.29) is 11.9 Å². The number of benzene rings is 2. The molecule has 25 heavy (non-hydrogen) atoms. The number of halogens is 1. The highest BCUT2D eigenvalue weighted by Gasteiger charge is 2.38. The number of allylic oxidation sites excluding steroid dienone is 2. The van der Waals surface area contributed by atoms with Crippen LogP contribution in [0.2, 0.25) is 0 Å². The first-order chi connectivity index (χ1) is 12.2. The Balaban J connectivity index is 1.72. The maximum absolute atomic E-state index is 13.3. The van der Waals surface area contributed by atoms with Crippen LogP contribution in [-0.2, 0) is 0 Å². The van der Waals surface area contributed by atoms with Gasteiger partial charge in [0.05, 0.1) is 6.04 Å². The lowest BCUT2D eigenvalue weighted by atomic mass is 9.77. The molecule has 0 aromatic heterocycles. The third-order valence-corrected chi connectivity index (χ3v) is 5.70. The minimum Gasteiger partial charge on any atom is -0.378 e. The maximum Gasteiger partial charge on any atom is 0.123 e. The largest absolute Gasteiger partial charge is 0.378 e. The monoisotopic (exact) mass is 336 g/mol. The normalized spacial score (nSPS) is 23.7. The van der Waals surface area contributed by atoms with E-state index in [2.05, 4.69) is 54.4 Å². The van der Waals surface area contributed by atoms with E-state index >= 15 is 0 Å². The van der Waals surface area contributed by atoms with Gasteiger partial charge in [0.25, 0.3) is 0 Å². The lowest BCUT2D eigenvalue weighted by Gasteiger charge is -2.38. The molecular weight excluding hydrogens is 311 g/mol. The zero-order valence-electron chi connectivity index (χ0n) is 14.9. The summed E-state index contributed by atoms with van der Waals surface area (Å²) in [6, 6.07) is 14.0. The van der Waals surface area contributed by atoms with E-state index in [1.165, 1.54) is 22.5 Å². The SMILES string of the molecule is CCN(CC)c1ccc2c(c1)C1C=CCC1C(c1ccc(F)cc1)N2. The molecule has 1 aliphatic carbocycles. The van der Waals surface area contributed by atoms with E-state index in [9.17, 15) is 4.39 Å². The Morgan fingerprint density at radius 2 is 1.84 bits per heavy atom. The van der Waals surface area contributed by atoms with E-state index < -0.39 is 0 Å². The number of hydrogen-bond donors (Lipinski definition) is 1. The highest BCUT2D eigenvalue weighted by atomic mass is 19.1. The first-order valence-electron chi connectivity index (χ1n) is 9.28. The molecule has 3 atom stereocenters. The van der Waals surface area contributed by atoms with Crippen molar-refractivity contribution in [1.82, 2.24) is 0 Å². The lowest BCUT2D eigenvalue weighted by Crippen LogP contribution is -2.29. The molecule has 3 heteroatoms. The van der Waals surface area contributed by atoms with Crippen molar-refractivity contribution in [3.63, 3.8) is 0 Å². The maximum atomic E-state index is 13.3. The molecule has 2 aromatic rings. The van der Waals surface area contributed by atoms with Gasteiger partial charge in [0.2, 0.25) is 0 Å². The highest BCUT2D eigenvalue weighted by Crippen LogP contribution is 2.50. The number of nitrogens with zero attached hydrogens (tertiary/aromatic N) is 1. The van der Waals surface area contributed by atoms with Crippen LogP contribution in [0.25, 0.3) is 0 Å². The zero-order valence-corrected chi connectivity index (χ0v) is 14.9. The average molecular weight is 336 g/mol. The van der Waals surface area contributed by atoms with Gasteiger partial charge in [-0.05, 0) is 67.6 Å². The highest BCUT2D eigenvalue weighted by molar-refractivity contribution is 5.65. The minimum absolute atomic E-state index is 0.176. The predicted octanol–water partition coefficient (Wildman–Crippen LogP) is 5.50. The van der Waals surface area contributed by atoms with Crippen LogP contribution in [0.15, 0.2) is 54.6 Å². The van der Waals surface area contributed by atoms with Gasteiger partial charge in [0, 0.05) is 30.4 Å². The first kappa shape index (κ1) is 16.2. The van der Waals surface area contributed by atoms with Crippen molar-refractivity contribution >= 4 is 11.4 Å². The van der Waals surface area contributed by atoms with Crippen molar-refractivity contribution in [2.45, 2.75) is 32.2 Å². The van der Waals surface area contributed by atoms with Crippen molar-refractivity contribution in [1.29, 1.82) is 0 Å². The topological polar surface area (TPSA) is 15.3 Å².